The molecule has 0 spiro atoms. The van der Waals surface area contributed by atoms with Crippen molar-refractivity contribution < 1.29 is 9.53 Å². The van der Waals surface area contributed by atoms with Crippen molar-refractivity contribution >= 4 is 5.97 Å². The van der Waals surface area contributed by atoms with Gasteiger partial charge in [-0.15, -0.1) is 0 Å². The summed E-state index contributed by atoms with van der Waals surface area (Å²) >= 11 is 0. The van der Waals surface area contributed by atoms with E-state index < -0.39 is 0 Å². The van der Waals surface area contributed by atoms with E-state index in [1.807, 2.05) is 20.8 Å². The van der Waals surface area contributed by atoms with Crippen LogP contribution >= 0.6 is 0 Å². The molecule has 2 unspecified atom stereocenters. The van der Waals surface area contributed by atoms with E-state index in [4.69, 9.17) is 10.5 Å². The molecule has 0 aliphatic carbocycles. The molecule has 3 nitrogen and oxygen atoms in total. The van der Waals surface area contributed by atoms with Crippen molar-refractivity contribution in [2.45, 2.75) is 39.3 Å². The largest absolute Gasteiger partial charge is 0.461 e. The number of carbonyl (C=O) groups excluding carboxylic acids is 1. The summed E-state index contributed by atoms with van der Waals surface area (Å²) < 4.78 is 4.71. The summed E-state index contributed by atoms with van der Waals surface area (Å²) in [5, 5.41) is 0. The third-order valence-corrected chi connectivity index (χ3v) is 1.21. The van der Waals surface area contributed by atoms with E-state index in [1.165, 1.54) is 0 Å². The fraction of sp³-hybridized carbons (Fsp3) is 0.857. The molecule has 0 aromatic carbocycles. The maximum Gasteiger partial charge on any atom is 0.323 e. The lowest BCUT2D eigenvalue weighted by atomic mass is 10.2. The summed E-state index contributed by atoms with van der Waals surface area (Å²) in [6.07, 6.45) is 0.691. The maximum absolute atomic E-state index is 10.4. The van der Waals surface area contributed by atoms with E-state index in [9.17, 15) is 4.79 Å². The maximum atomic E-state index is 10.4. The quantitative estimate of drug-likeness (QED) is 0.510. The Morgan fingerprint density at radius 2 is 2.10 bits per heavy atom. The van der Waals surface area contributed by atoms with Crippen LogP contribution in [0.2, 0.25) is 0 Å². The predicted molar refractivity (Wildman–Crippen MR) is 39.5 cm³/mol. The first-order valence-electron chi connectivity index (χ1n) is 3.66. The van der Waals surface area contributed by atoms with Gasteiger partial charge in [0.05, 0.1) is 0 Å². The highest BCUT2D eigenvalue weighted by Gasteiger charge is 2.27. The Morgan fingerprint density at radius 3 is 2.20 bits per heavy atom. The van der Waals surface area contributed by atoms with Gasteiger partial charge in [-0.2, -0.15) is 0 Å². The van der Waals surface area contributed by atoms with Crippen LogP contribution in [0.15, 0.2) is 0 Å². The van der Waals surface area contributed by atoms with Crippen molar-refractivity contribution in [2.75, 3.05) is 0 Å². The van der Waals surface area contributed by atoms with Crippen LogP contribution in [0.3, 0.4) is 0 Å². The highest BCUT2D eigenvalue weighted by molar-refractivity contribution is 5.77. The standard InChI is InChI=1S/C5H9NO2.C2H6/c1-3-2-4(6)5(7)8-3;1-2/h3-4H,2,6H2,1H3;1-2H3. The van der Waals surface area contributed by atoms with Crippen molar-refractivity contribution in [1.82, 2.24) is 0 Å². The van der Waals surface area contributed by atoms with Crippen LogP contribution in [0, 0.1) is 0 Å². The number of hydrogen-bond acceptors (Lipinski definition) is 3. The molecule has 1 rings (SSSR count). The molecule has 2 atom stereocenters. The number of carbonyl (C=O) groups is 1. The molecule has 10 heavy (non-hydrogen) atoms. The lowest BCUT2D eigenvalue weighted by Crippen LogP contribution is -2.24. The molecule has 1 aliphatic heterocycles. The second-order valence-electron chi connectivity index (χ2n) is 2.09. The van der Waals surface area contributed by atoms with Gasteiger partial charge in [0.25, 0.3) is 0 Å². The second-order valence-corrected chi connectivity index (χ2v) is 2.09. The van der Waals surface area contributed by atoms with E-state index in [1.54, 1.807) is 0 Å². The monoisotopic (exact) mass is 145 g/mol. The summed E-state index contributed by atoms with van der Waals surface area (Å²) in [5.74, 6) is -0.266. The molecule has 0 saturated carbocycles. The number of nitrogens with two attached hydrogens (primary N) is 1. The Labute approximate surface area is 61.5 Å². The Morgan fingerprint density at radius 1 is 1.60 bits per heavy atom. The molecular formula is C7H15NO2. The third kappa shape index (κ3) is 2.35. The molecular weight excluding hydrogens is 130 g/mol. The minimum absolute atomic E-state index is 0.0255. The number of esters is 1. The van der Waals surface area contributed by atoms with E-state index in [-0.39, 0.29) is 18.1 Å². The molecule has 60 valence electrons. The molecule has 3 heteroatoms. The molecule has 2 N–H and O–H groups in total. The van der Waals surface area contributed by atoms with Crippen molar-refractivity contribution in [3.8, 4) is 0 Å². The molecule has 0 bridgehead atoms. The first kappa shape index (κ1) is 9.43. The zero-order chi connectivity index (χ0) is 8.15. The van der Waals surface area contributed by atoms with Crippen LogP contribution in [-0.2, 0) is 9.53 Å². The average molecular weight is 145 g/mol. The van der Waals surface area contributed by atoms with Gasteiger partial charge in [-0.25, -0.2) is 0 Å². The topological polar surface area (TPSA) is 52.3 Å². The number of rotatable bonds is 0. The van der Waals surface area contributed by atoms with Crippen LogP contribution in [0.4, 0.5) is 0 Å². The van der Waals surface area contributed by atoms with Crippen LogP contribution in [-0.4, -0.2) is 18.1 Å². The van der Waals surface area contributed by atoms with Crippen LogP contribution in [0.25, 0.3) is 0 Å². The van der Waals surface area contributed by atoms with Gasteiger partial charge in [0.15, 0.2) is 0 Å². The third-order valence-electron chi connectivity index (χ3n) is 1.21. The summed E-state index contributed by atoms with van der Waals surface area (Å²) in [5.41, 5.74) is 5.29. The van der Waals surface area contributed by atoms with E-state index in [2.05, 4.69) is 0 Å². The summed E-state index contributed by atoms with van der Waals surface area (Å²) in [6, 6.07) is -0.370. The summed E-state index contributed by atoms with van der Waals surface area (Å²) in [7, 11) is 0. The Kier molecular flexibility index (Phi) is 4.03. The summed E-state index contributed by atoms with van der Waals surface area (Å²) in [4.78, 5) is 10.4. The van der Waals surface area contributed by atoms with Gasteiger partial charge in [0.2, 0.25) is 0 Å². The Balaban J connectivity index is 0.000000371. The minimum Gasteiger partial charge on any atom is -0.461 e. The van der Waals surface area contributed by atoms with E-state index in [0.717, 1.165) is 0 Å². The fourth-order valence-electron chi connectivity index (χ4n) is 0.788. The molecule has 1 fully saturated rings. The Hall–Kier alpha value is -0.570. The first-order valence-corrected chi connectivity index (χ1v) is 3.66. The van der Waals surface area contributed by atoms with Gasteiger partial charge < -0.3 is 10.5 Å². The molecule has 1 saturated heterocycles. The van der Waals surface area contributed by atoms with Crippen molar-refractivity contribution in [3.05, 3.63) is 0 Å². The molecule has 0 aromatic rings. The van der Waals surface area contributed by atoms with Crippen molar-refractivity contribution in [2.24, 2.45) is 5.73 Å². The minimum atomic E-state index is -0.370. The first-order chi connectivity index (χ1) is 4.70. The predicted octanol–water partition coefficient (Wildman–Crippen LogP) is 0.675. The number of cyclic esters (lactones) is 1. The van der Waals surface area contributed by atoms with E-state index >= 15 is 0 Å². The zero-order valence-electron chi connectivity index (χ0n) is 6.76. The summed E-state index contributed by atoms with van der Waals surface area (Å²) in [6.45, 7) is 5.84. The zero-order valence-corrected chi connectivity index (χ0v) is 6.76. The van der Waals surface area contributed by atoms with Crippen molar-refractivity contribution in [3.63, 3.8) is 0 Å². The van der Waals surface area contributed by atoms with Crippen LogP contribution in [0.1, 0.15) is 27.2 Å². The van der Waals surface area contributed by atoms with Crippen LogP contribution in [0.5, 0.6) is 0 Å². The number of hydrogen-bond donors (Lipinski definition) is 1. The molecule has 0 aromatic heterocycles. The number of ether oxygens (including phenoxy) is 1. The highest BCUT2D eigenvalue weighted by atomic mass is 16.6. The van der Waals surface area contributed by atoms with Gasteiger partial charge in [0.1, 0.15) is 12.1 Å². The lowest BCUT2D eigenvalue weighted by Gasteiger charge is -1.95. The van der Waals surface area contributed by atoms with Crippen LogP contribution < -0.4 is 5.73 Å². The second kappa shape index (κ2) is 4.28. The fourth-order valence-corrected chi connectivity index (χ4v) is 0.788. The van der Waals surface area contributed by atoms with Crippen molar-refractivity contribution in [1.29, 1.82) is 0 Å². The van der Waals surface area contributed by atoms with Gasteiger partial charge in [-0.1, -0.05) is 13.8 Å². The SMILES string of the molecule is CC.CC1CC(N)C(=O)O1. The molecule has 1 heterocycles. The van der Waals surface area contributed by atoms with Gasteiger partial charge in [0, 0.05) is 6.42 Å². The molecule has 0 amide bonds. The lowest BCUT2D eigenvalue weighted by molar-refractivity contribution is -0.141. The Bertz CT molecular complexity index is 114. The molecule has 1 aliphatic rings. The average Bonchev–Trinajstić information content (AvgIpc) is 2.16. The van der Waals surface area contributed by atoms with Gasteiger partial charge in [-0.3, -0.25) is 4.79 Å². The normalized spacial score (nSPS) is 30.6. The van der Waals surface area contributed by atoms with E-state index in [0.29, 0.717) is 6.42 Å². The smallest absolute Gasteiger partial charge is 0.323 e. The van der Waals surface area contributed by atoms with Gasteiger partial charge in [-0.05, 0) is 6.92 Å². The van der Waals surface area contributed by atoms with Gasteiger partial charge >= 0.3 is 5.97 Å². The highest BCUT2D eigenvalue weighted by Crippen LogP contribution is 2.10. The molecule has 0 radical (unpaired) electrons.